The average molecular weight is 358 g/mol. The minimum absolute atomic E-state index is 0.372. The third-order valence-corrected chi connectivity index (χ3v) is 2.81. The lowest BCUT2D eigenvalue weighted by molar-refractivity contribution is 0.0587. The Balaban J connectivity index is 3.83. The van der Waals surface area contributed by atoms with E-state index in [-0.39, 0.29) is 11.1 Å². The highest BCUT2D eigenvalue weighted by atomic mass is 16.5. The highest BCUT2D eigenvalue weighted by Gasteiger charge is 2.32. The maximum atomic E-state index is 12.3. The first-order chi connectivity index (χ1) is 12.4. The van der Waals surface area contributed by atoms with Crippen molar-refractivity contribution in [2.75, 3.05) is 0 Å². The molecule has 0 saturated heterocycles. The van der Waals surface area contributed by atoms with E-state index in [9.17, 15) is 19.2 Å². The lowest BCUT2D eigenvalue weighted by atomic mass is 9.95. The number of rotatable bonds is 8. The topological polar surface area (TPSA) is 105 Å². The summed E-state index contributed by atoms with van der Waals surface area (Å²) in [6.45, 7) is 12.9. The molecule has 1 rings (SSSR count). The summed E-state index contributed by atoms with van der Waals surface area (Å²) in [6.07, 6.45) is 3.21. The second-order valence-corrected chi connectivity index (χ2v) is 4.20. The van der Waals surface area contributed by atoms with E-state index < -0.39 is 35.0 Å². The Labute approximate surface area is 148 Å². The van der Waals surface area contributed by atoms with Gasteiger partial charge in [-0.25, -0.2) is 19.2 Å². The molecule has 1 aromatic rings. The second kappa shape index (κ2) is 9.38. The maximum Gasteiger partial charge on any atom is 0.344 e. The molecule has 0 aliphatic rings. The fraction of sp³-hybridized carbons (Fsp3) is 0. The Morgan fingerprint density at radius 2 is 0.846 bits per heavy atom. The number of benzene rings is 1. The first-order valence-electron chi connectivity index (χ1n) is 6.87. The summed E-state index contributed by atoms with van der Waals surface area (Å²) in [6, 6.07) is 2.16. The van der Waals surface area contributed by atoms with Crippen LogP contribution in [0.25, 0.3) is 0 Å². The van der Waals surface area contributed by atoms with Crippen molar-refractivity contribution in [3.05, 3.63) is 85.8 Å². The summed E-state index contributed by atoms with van der Waals surface area (Å²) < 4.78 is 18.5. The summed E-state index contributed by atoms with van der Waals surface area (Å²) in [7, 11) is 0. The molecule has 0 bridgehead atoms. The van der Waals surface area contributed by atoms with Crippen LogP contribution in [0.4, 0.5) is 0 Å². The van der Waals surface area contributed by atoms with Crippen molar-refractivity contribution in [3.8, 4) is 0 Å². The first-order valence-corrected chi connectivity index (χ1v) is 6.87. The van der Waals surface area contributed by atoms with Crippen molar-refractivity contribution in [1.82, 2.24) is 0 Å². The molecule has 0 atom stereocenters. The van der Waals surface area contributed by atoms with Gasteiger partial charge in [0.1, 0.15) is 0 Å². The summed E-state index contributed by atoms with van der Waals surface area (Å²) in [5.41, 5.74) is -1.91. The van der Waals surface area contributed by atoms with Gasteiger partial charge < -0.3 is 18.9 Å². The molecule has 0 N–H and O–H groups in total. The van der Waals surface area contributed by atoms with E-state index in [2.05, 4.69) is 45.3 Å². The zero-order chi connectivity index (χ0) is 19.7. The standard InChI is InChI=1S/C18H14O8/c1-5-23-15(19)11-9-10-12(16(20)24-6-2)14(18(22)26-8-4)13(11)17(21)25-7-3/h5-10H,1-4H2. The monoisotopic (exact) mass is 358 g/mol. The van der Waals surface area contributed by atoms with Gasteiger partial charge in [-0.2, -0.15) is 0 Å². The highest BCUT2D eigenvalue weighted by Crippen LogP contribution is 2.24. The minimum atomic E-state index is -1.15. The van der Waals surface area contributed by atoms with Gasteiger partial charge in [0.05, 0.1) is 47.3 Å². The Kier molecular flexibility index (Phi) is 7.25. The second-order valence-electron chi connectivity index (χ2n) is 4.20. The lowest BCUT2D eigenvalue weighted by Gasteiger charge is -2.14. The first kappa shape index (κ1) is 20.1. The number of carbonyl (C=O) groups excluding carboxylic acids is 4. The molecule has 0 radical (unpaired) electrons. The molecule has 26 heavy (non-hydrogen) atoms. The van der Waals surface area contributed by atoms with Gasteiger partial charge >= 0.3 is 23.9 Å². The third-order valence-electron chi connectivity index (χ3n) is 2.81. The Bertz CT molecular complexity index is 737. The number of hydrogen-bond acceptors (Lipinski definition) is 8. The van der Waals surface area contributed by atoms with Crippen LogP contribution in [0.3, 0.4) is 0 Å². The zero-order valence-electron chi connectivity index (χ0n) is 13.6. The molecule has 0 spiro atoms. The fourth-order valence-corrected chi connectivity index (χ4v) is 1.91. The van der Waals surface area contributed by atoms with Crippen molar-refractivity contribution in [2.45, 2.75) is 0 Å². The molecule has 134 valence electrons. The SMILES string of the molecule is C=COC(=O)c1ccc(C(=O)OC=C)c(C(=O)OC=C)c1C(=O)OC=C. The van der Waals surface area contributed by atoms with Crippen molar-refractivity contribution in [2.24, 2.45) is 0 Å². The van der Waals surface area contributed by atoms with Gasteiger partial charge in [-0.1, -0.05) is 26.3 Å². The van der Waals surface area contributed by atoms with Gasteiger partial charge in [0.15, 0.2) is 0 Å². The Hall–Kier alpha value is -3.94. The van der Waals surface area contributed by atoms with Gasteiger partial charge in [0.25, 0.3) is 0 Å². The number of ether oxygens (including phenoxy) is 4. The molecule has 8 heteroatoms. The van der Waals surface area contributed by atoms with Crippen LogP contribution in [0.2, 0.25) is 0 Å². The molecular formula is C18H14O8. The maximum absolute atomic E-state index is 12.3. The molecule has 0 aromatic heterocycles. The minimum Gasteiger partial charge on any atom is -0.432 e. The summed E-state index contributed by atoms with van der Waals surface area (Å²) in [5.74, 6) is -4.35. The molecule has 0 unspecified atom stereocenters. The third kappa shape index (κ3) is 4.32. The van der Waals surface area contributed by atoms with Crippen molar-refractivity contribution in [3.63, 3.8) is 0 Å². The van der Waals surface area contributed by atoms with Crippen LogP contribution in [0.15, 0.2) is 63.5 Å². The van der Waals surface area contributed by atoms with Crippen LogP contribution >= 0.6 is 0 Å². The highest BCUT2D eigenvalue weighted by molar-refractivity contribution is 6.15. The van der Waals surface area contributed by atoms with Crippen LogP contribution in [0.5, 0.6) is 0 Å². The summed E-state index contributed by atoms with van der Waals surface area (Å²) in [4.78, 5) is 48.8. The summed E-state index contributed by atoms with van der Waals surface area (Å²) >= 11 is 0. The van der Waals surface area contributed by atoms with Crippen molar-refractivity contribution in [1.29, 1.82) is 0 Å². The quantitative estimate of drug-likeness (QED) is 0.397. The van der Waals surface area contributed by atoms with Gasteiger partial charge in [-0.15, -0.1) is 0 Å². The van der Waals surface area contributed by atoms with Crippen LogP contribution in [0.1, 0.15) is 41.4 Å². The van der Waals surface area contributed by atoms with Crippen LogP contribution in [0, 0.1) is 0 Å². The normalized spacial score (nSPS) is 9.23. The van der Waals surface area contributed by atoms with Crippen LogP contribution in [-0.4, -0.2) is 23.9 Å². The number of esters is 4. The van der Waals surface area contributed by atoms with Gasteiger partial charge in [0, 0.05) is 0 Å². The van der Waals surface area contributed by atoms with Gasteiger partial charge in [-0.3, -0.25) is 0 Å². The average Bonchev–Trinajstić information content (AvgIpc) is 2.61. The summed E-state index contributed by atoms with van der Waals surface area (Å²) in [5, 5.41) is 0. The molecule has 0 fully saturated rings. The largest absolute Gasteiger partial charge is 0.432 e. The van der Waals surface area contributed by atoms with E-state index in [4.69, 9.17) is 0 Å². The lowest BCUT2D eigenvalue weighted by Crippen LogP contribution is -2.21. The van der Waals surface area contributed by atoms with E-state index in [1.54, 1.807) is 0 Å². The molecule has 8 nitrogen and oxygen atoms in total. The fourth-order valence-electron chi connectivity index (χ4n) is 1.91. The van der Waals surface area contributed by atoms with Gasteiger partial charge in [-0.05, 0) is 12.1 Å². The van der Waals surface area contributed by atoms with E-state index in [0.29, 0.717) is 0 Å². The van der Waals surface area contributed by atoms with Gasteiger partial charge in [0.2, 0.25) is 0 Å². The molecular weight excluding hydrogens is 344 g/mol. The zero-order valence-corrected chi connectivity index (χ0v) is 13.6. The van der Waals surface area contributed by atoms with E-state index in [1.807, 2.05) is 0 Å². The van der Waals surface area contributed by atoms with E-state index in [1.165, 1.54) is 0 Å². The molecule has 0 heterocycles. The van der Waals surface area contributed by atoms with Crippen LogP contribution in [-0.2, 0) is 18.9 Å². The molecule has 0 amide bonds. The smallest absolute Gasteiger partial charge is 0.344 e. The van der Waals surface area contributed by atoms with Crippen LogP contribution < -0.4 is 0 Å². The van der Waals surface area contributed by atoms with E-state index in [0.717, 1.165) is 37.2 Å². The number of hydrogen-bond donors (Lipinski definition) is 0. The Morgan fingerprint density at radius 3 is 1.12 bits per heavy atom. The predicted molar refractivity (Wildman–Crippen MR) is 88.9 cm³/mol. The molecule has 0 saturated carbocycles. The van der Waals surface area contributed by atoms with Crippen molar-refractivity contribution >= 4 is 23.9 Å². The molecule has 0 aliphatic heterocycles. The van der Waals surface area contributed by atoms with Crippen molar-refractivity contribution < 1.29 is 38.1 Å². The van der Waals surface area contributed by atoms with E-state index >= 15 is 0 Å². The molecule has 0 aliphatic carbocycles. The number of carbonyl (C=O) groups is 4. The predicted octanol–water partition coefficient (Wildman–Crippen LogP) is 2.89. The molecule has 1 aromatic carbocycles. The Morgan fingerprint density at radius 1 is 0.577 bits per heavy atom.